The van der Waals surface area contributed by atoms with Crippen molar-refractivity contribution in [2.24, 2.45) is 12.1 Å². The number of fused-ring (bicyclic) bond motifs is 1. The first kappa shape index (κ1) is 15.5. The number of imidazole rings is 1. The Hall–Kier alpha value is -3.35. The summed E-state index contributed by atoms with van der Waals surface area (Å²) in [5.41, 5.74) is 5.69. The highest BCUT2D eigenvalue weighted by Crippen LogP contribution is 2.17. The van der Waals surface area contributed by atoms with E-state index in [0.29, 0.717) is 11.7 Å². The molecule has 1 aromatic heterocycles. The largest absolute Gasteiger partial charge is 0.482 e. The Bertz CT molecular complexity index is 884. The van der Waals surface area contributed by atoms with Crippen LogP contribution in [-0.2, 0) is 11.8 Å². The first-order valence-corrected chi connectivity index (χ1v) is 7.28. The summed E-state index contributed by atoms with van der Waals surface area (Å²) in [6.07, 6.45) is 1.65. The second-order valence-corrected chi connectivity index (χ2v) is 5.10. The maximum atomic E-state index is 10.4. The van der Waals surface area contributed by atoms with Crippen molar-refractivity contribution in [3.8, 4) is 5.75 Å². The van der Waals surface area contributed by atoms with Crippen LogP contribution >= 0.6 is 0 Å². The van der Waals surface area contributed by atoms with E-state index in [2.05, 4.69) is 15.5 Å². The van der Waals surface area contributed by atoms with Gasteiger partial charge in [0.2, 0.25) is 5.95 Å². The predicted molar refractivity (Wildman–Crippen MR) is 91.5 cm³/mol. The SMILES string of the molecule is Cn1c(N/N=C\c2ccc(OCC(=O)O)cc2)nc2ccccc21. The van der Waals surface area contributed by atoms with E-state index < -0.39 is 5.97 Å². The lowest BCUT2D eigenvalue weighted by molar-refractivity contribution is -0.139. The Morgan fingerprint density at radius 2 is 2.04 bits per heavy atom. The first-order valence-electron chi connectivity index (χ1n) is 7.28. The average molecular weight is 324 g/mol. The van der Waals surface area contributed by atoms with Gasteiger partial charge in [0.15, 0.2) is 6.61 Å². The summed E-state index contributed by atoms with van der Waals surface area (Å²) in [7, 11) is 1.92. The zero-order valence-electron chi connectivity index (χ0n) is 13.0. The topological polar surface area (TPSA) is 88.7 Å². The zero-order valence-corrected chi connectivity index (χ0v) is 13.0. The summed E-state index contributed by atoms with van der Waals surface area (Å²) < 4.78 is 7.00. The molecule has 0 saturated carbocycles. The summed E-state index contributed by atoms with van der Waals surface area (Å²) in [6.45, 7) is -0.359. The van der Waals surface area contributed by atoms with Crippen LogP contribution < -0.4 is 10.2 Å². The monoisotopic (exact) mass is 324 g/mol. The van der Waals surface area contributed by atoms with E-state index in [4.69, 9.17) is 9.84 Å². The number of nitrogens with one attached hydrogen (secondary N) is 1. The molecular formula is C17H16N4O3. The molecule has 24 heavy (non-hydrogen) atoms. The van der Waals surface area contributed by atoms with Crippen LogP contribution in [-0.4, -0.2) is 33.4 Å². The standard InChI is InChI=1S/C17H16N4O3/c1-21-15-5-3-2-4-14(15)19-17(21)20-18-10-12-6-8-13(9-7-12)24-11-16(22)23/h2-10H,11H2,1H3,(H,19,20)(H,22,23)/b18-10-. The Labute approximate surface area is 138 Å². The van der Waals surface area contributed by atoms with E-state index in [1.807, 2.05) is 35.9 Å². The van der Waals surface area contributed by atoms with E-state index >= 15 is 0 Å². The fourth-order valence-corrected chi connectivity index (χ4v) is 2.21. The predicted octanol–water partition coefficient (Wildman–Crippen LogP) is 2.48. The molecule has 0 atom stereocenters. The molecule has 0 radical (unpaired) electrons. The van der Waals surface area contributed by atoms with Gasteiger partial charge in [-0.1, -0.05) is 12.1 Å². The molecule has 0 unspecified atom stereocenters. The lowest BCUT2D eigenvalue weighted by Gasteiger charge is -2.03. The molecular weight excluding hydrogens is 308 g/mol. The molecule has 0 aliphatic rings. The molecule has 0 saturated heterocycles. The lowest BCUT2D eigenvalue weighted by atomic mass is 10.2. The van der Waals surface area contributed by atoms with Crippen molar-refractivity contribution in [2.75, 3.05) is 12.0 Å². The molecule has 0 spiro atoms. The normalized spacial score (nSPS) is 11.0. The number of hydrogen-bond donors (Lipinski definition) is 2. The van der Waals surface area contributed by atoms with Gasteiger partial charge in [0, 0.05) is 7.05 Å². The quantitative estimate of drug-likeness (QED) is 0.537. The van der Waals surface area contributed by atoms with Gasteiger partial charge in [-0.25, -0.2) is 15.2 Å². The molecule has 2 N–H and O–H groups in total. The number of benzene rings is 2. The number of carboxylic acids is 1. The number of aliphatic carboxylic acids is 1. The molecule has 122 valence electrons. The molecule has 0 aliphatic heterocycles. The number of rotatable bonds is 6. The van der Waals surface area contributed by atoms with Crippen LogP contribution in [0.15, 0.2) is 53.6 Å². The van der Waals surface area contributed by atoms with Gasteiger partial charge in [-0.3, -0.25) is 0 Å². The summed E-state index contributed by atoms with van der Waals surface area (Å²) in [5.74, 6) is 0.138. The summed E-state index contributed by atoms with van der Waals surface area (Å²) in [5, 5.41) is 12.7. The fourth-order valence-electron chi connectivity index (χ4n) is 2.21. The number of aromatic nitrogens is 2. The lowest BCUT2D eigenvalue weighted by Crippen LogP contribution is -2.09. The Kier molecular flexibility index (Phi) is 4.42. The van der Waals surface area contributed by atoms with Gasteiger partial charge in [0.1, 0.15) is 5.75 Å². The van der Waals surface area contributed by atoms with Gasteiger partial charge in [0.25, 0.3) is 0 Å². The van der Waals surface area contributed by atoms with Gasteiger partial charge in [-0.05, 0) is 42.0 Å². The average Bonchev–Trinajstić information content (AvgIpc) is 2.91. The van der Waals surface area contributed by atoms with Gasteiger partial charge >= 0.3 is 5.97 Å². The zero-order chi connectivity index (χ0) is 16.9. The molecule has 3 aromatic rings. The van der Waals surface area contributed by atoms with Crippen molar-refractivity contribution in [3.63, 3.8) is 0 Å². The van der Waals surface area contributed by atoms with Crippen molar-refractivity contribution in [1.82, 2.24) is 9.55 Å². The highest BCUT2D eigenvalue weighted by molar-refractivity contribution is 5.81. The van der Waals surface area contributed by atoms with Crippen LogP contribution in [0.25, 0.3) is 11.0 Å². The molecule has 2 aromatic carbocycles. The van der Waals surface area contributed by atoms with Crippen molar-refractivity contribution in [3.05, 3.63) is 54.1 Å². The third-order valence-electron chi connectivity index (χ3n) is 3.41. The molecule has 0 amide bonds. The first-order chi connectivity index (χ1) is 11.6. The maximum absolute atomic E-state index is 10.4. The second kappa shape index (κ2) is 6.82. The smallest absolute Gasteiger partial charge is 0.341 e. The van der Waals surface area contributed by atoms with Crippen LogP contribution in [0.5, 0.6) is 5.75 Å². The summed E-state index contributed by atoms with van der Waals surface area (Å²) in [4.78, 5) is 14.9. The third-order valence-corrected chi connectivity index (χ3v) is 3.41. The van der Waals surface area contributed by atoms with Crippen molar-refractivity contribution < 1.29 is 14.6 Å². The van der Waals surface area contributed by atoms with Gasteiger partial charge < -0.3 is 14.4 Å². The number of para-hydroxylation sites is 2. The molecule has 7 heteroatoms. The van der Waals surface area contributed by atoms with Gasteiger partial charge in [0.05, 0.1) is 17.2 Å². The number of hydrazone groups is 1. The van der Waals surface area contributed by atoms with Crippen LogP contribution in [0.2, 0.25) is 0 Å². The minimum Gasteiger partial charge on any atom is -0.482 e. The number of nitrogens with zero attached hydrogens (tertiary/aromatic N) is 3. The Morgan fingerprint density at radius 3 is 2.75 bits per heavy atom. The number of aryl methyl sites for hydroxylation is 1. The number of carboxylic acid groups (broad SMARTS) is 1. The number of carbonyl (C=O) groups is 1. The second-order valence-electron chi connectivity index (χ2n) is 5.10. The highest BCUT2D eigenvalue weighted by atomic mass is 16.5. The number of anilines is 1. The van der Waals surface area contributed by atoms with E-state index in [1.165, 1.54) is 0 Å². The fraction of sp³-hybridized carbons (Fsp3) is 0.118. The maximum Gasteiger partial charge on any atom is 0.341 e. The summed E-state index contributed by atoms with van der Waals surface area (Å²) in [6, 6.07) is 14.8. The number of hydrogen-bond acceptors (Lipinski definition) is 5. The van der Waals surface area contributed by atoms with Crippen molar-refractivity contribution in [2.45, 2.75) is 0 Å². The molecule has 0 bridgehead atoms. The van der Waals surface area contributed by atoms with E-state index in [1.54, 1.807) is 30.5 Å². The molecule has 0 fully saturated rings. The Morgan fingerprint density at radius 1 is 1.29 bits per heavy atom. The molecule has 1 heterocycles. The minimum atomic E-state index is -1.01. The van der Waals surface area contributed by atoms with Crippen molar-refractivity contribution >= 4 is 29.2 Å². The van der Waals surface area contributed by atoms with E-state index in [-0.39, 0.29) is 6.61 Å². The van der Waals surface area contributed by atoms with Crippen molar-refractivity contribution in [1.29, 1.82) is 0 Å². The molecule has 0 aliphatic carbocycles. The van der Waals surface area contributed by atoms with Gasteiger partial charge in [-0.2, -0.15) is 5.10 Å². The third kappa shape index (κ3) is 3.52. The van der Waals surface area contributed by atoms with Crippen LogP contribution in [0, 0.1) is 0 Å². The Balaban J connectivity index is 1.65. The van der Waals surface area contributed by atoms with E-state index in [9.17, 15) is 4.79 Å². The van der Waals surface area contributed by atoms with Crippen LogP contribution in [0.1, 0.15) is 5.56 Å². The number of ether oxygens (including phenoxy) is 1. The van der Waals surface area contributed by atoms with E-state index in [0.717, 1.165) is 16.6 Å². The molecule has 7 nitrogen and oxygen atoms in total. The summed E-state index contributed by atoms with van der Waals surface area (Å²) >= 11 is 0. The van der Waals surface area contributed by atoms with Crippen LogP contribution in [0.4, 0.5) is 5.95 Å². The highest BCUT2D eigenvalue weighted by Gasteiger charge is 2.05. The molecule has 3 rings (SSSR count). The minimum absolute atomic E-state index is 0.359. The van der Waals surface area contributed by atoms with Crippen LogP contribution in [0.3, 0.4) is 0 Å². The van der Waals surface area contributed by atoms with Gasteiger partial charge in [-0.15, -0.1) is 0 Å².